The van der Waals surface area contributed by atoms with Gasteiger partial charge in [-0.3, -0.25) is 4.79 Å². The van der Waals surface area contributed by atoms with E-state index in [9.17, 15) is 9.59 Å². The van der Waals surface area contributed by atoms with E-state index in [0.717, 1.165) is 25.3 Å². The first-order valence-electron chi connectivity index (χ1n) is 15.5. The predicted molar refractivity (Wildman–Crippen MR) is 172 cm³/mol. The molecule has 252 valence electrons. The number of nitrogens with one attached hydrogen (secondary N) is 1. The third kappa shape index (κ3) is 7.02. The number of ether oxygens (including phenoxy) is 5. The zero-order valence-corrected chi connectivity index (χ0v) is 27.5. The van der Waals surface area contributed by atoms with Gasteiger partial charge in [0.25, 0.3) is 5.91 Å². The van der Waals surface area contributed by atoms with Gasteiger partial charge in [0.05, 0.1) is 17.2 Å². The molecular weight excluding hydrogens is 634 g/mol. The second-order valence-electron chi connectivity index (χ2n) is 12.6. The van der Waals surface area contributed by atoms with Crippen molar-refractivity contribution in [1.29, 1.82) is 0 Å². The quantitative estimate of drug-likeness (QED) is 0.225. The summed E-state index contributed by atoms with van der Waals surface area (Å²) in [5.74, 6) is -2.60. The van der Waals surface area contributed by atoms with E-state index in [1.165, 1.54) is 19.2 Å². The first-order valence-corrected chi connectivity index (χ1v) is 15.9. The predicted octanol–water partition coefficient (Wildman–Crippen LogP) is 6.91. The van der Waals surface area contributed by atoms with E-state index < -0.39 is 45.8 Å². The van der Waals surface area contributed by atoms with Crippen LogP contribution in [0.5, 0.6) is 11.5 Å². The molecule has 3 unspecified atom stereocenters. The third-order valence-electron chi connectivity index (χ3n) is 8.33. The molecule has 0 aliphatic carbocycles. The number of carbonyl (C=O) groups excluding carboxylic acids is 2. The fraction of sp³-hybridized carbons (Fsp3) is 0.429. The normalized spacial score (nSPS) is 19.8. The SMILES string of the molecule is CNC(=O)c1ccc(OCCOC2CCCCO2)c(F)c1-c1c(Cl)c(F)cc2c1CC(c1ccccc1)(C(OC(N)=O)C(C)(C)C)O2. The van der Waals surface area contributed by atoms with Gasteiger partial charge in [0, 0.05) is 48.2 Å². The van der Waals surface area contributed by atoms with E-state index in [0.29, 0.717) is 17.7 Å². The number of benzene rings is 3. The molecule has 0 spiro atoms. The van der Waals surface area contributed by atoms with Crippen LogP contribution in [0, 0.1) is 17.0 Å². The van der Waals surface area contributed by atoms with Crippen LogP contribution in [-0.2, 0) is 26.2 Å². The summed E-state index contributed by atoms with van der Waals surface area (Å²) < 4.78 is 61.7. The van der Waals surface area contributed by atoms with Crippen LogP contribution in [0.15, 0.2) is 48.5 Å². The molecule has 47 heavy (non-hydrogen) atoms. The lowest BCUT2D eigenvalue weighted by molar-refractivity contribution is -0.165. The summed E-state index contributed by atoms with van der Waals surface area (Å²) in [6, 6.07) is 12.8. The summed E-state index contributed by atoms with van der Waals surface area (Å²) >= 11 is 6.65. The van der Waals surface area contributed by atoms with Crippen LogP contribution in [-0.4, -0.2) is 51.3 Å². The molecule has 5 rings (SSSR count). The van der Waals surface area contributed by atoms with Crippen molar-refractivity contribution in [2.24, 2.45) is 11.1 Å². The van der Waals surface area contributed by atoms with Gasteiger partial charge in [0.15, 0.2) is 29.6 Å². The highest BCUT2D eigenvalue weighted by molar-refractivity contribution is 6.34. The Morgan fingerprint density at radius 1 is 1.11 bits per heavy atom. The minimum absolute atomic E-state index is 0.0114. The molecule has 9 nitrogen and oxygen atoms in total. The monoisotopic (exact) mass is 672 g/mol. The molecule has 2 amide bonds. The maximum absolute atomic E-state index is 16.6. The summed E-state index contributed by atoms with van der Waals surface area (Å²) in [5.41, 5.74) is 3.83. The van der Waals surface area contributed by atoms with Crippen LogP contribution in [0.2, 0.25) is 5.02 Å². The van der Waals surface area contributed by atoms with E-state index in [-0.39, 0.29) is 54.1 Å². The number of hydrogen-bond acceptors (Lipinski definition) is 7. The fourth-order valence-corrected chi connectivity index (χ4v) is 6.60. The molecule has 0 bridgehead atoms. The van der Waals surface area contributed by atoms with Gasteiger partial charge in [-0.25, -0.2) is 13.6 Å². The highest BCUT2D eigenvalue weighted by Crippen LogP contribution is 2.54. The van der Waals surface area contributed by atoms with Gasteiger partial charge < -0.3 is 34.7 Å². The average Bonchev–Trinajstić information content (AvgIpc) is 3.43. The minimum atomic E-state index is -1.43. The first kappa shape index (κ1) is 34.4. The molecular formula is C35H39ClF2N2O7. The van der Waals surface area contributed by atoms with Crippen molar-refractivity contribution in [3.05, 3.63) is 81.9 Å². The number of carbonyl (C=O) groups is 2. The maximum atomic E-state index is 16.6. The van der Waals surface area contributed by atoms with E-state index in [1.54, 1.807) is 24.3 Å². The van der Waals surface area contributed by atoms with Crippen molar-refractivity contribution < 1.29 is 42.1 Å². The van der Waals surface area contributed by atoms with Crippen LogP contribution in [0.1, 0.15) is 61.5 Å². The summed E-state index contributed by atoms with van der Waals surface area (Å²) in [4.78, 5) is 25.3. The molecule has 3 atom stereocenters. The number of primary amides is 1. The zero-order chi connectivity index (χ0) is 33.9. The molecule has 1 fully saturated rings. The molecule has 2 heterocycles. The maximum Gasteiger partial charge on any atom is 0.404 e. The van der Waals surface area contributed by atoms with Crippen molar-refractivity contribution in [1.82, 2.24) is 5.32 Å². The number of nitrogens with two attached hydrogens (primary N) is 1. The topological polar surface area (TPSA) is 118 Å². The number of rotatable bonds is 10. The zero-order valence-electron chi connectivity index (χ0n) is 26.8. The van der Waals surface area contributed by atoms with Crippen LogP contribution in [0.25, 0.3) is 11.1 Å². The first-order chi connectivity index (χ1) is 22.4. The van der Waals surface area contributed by atoms with Crippen molar-refractivity contribution >= 4 is 23.6 Å². The second-order valence-corrected chi connectivity index (χ2v) is 13.0. The number of amides is 2. The van der Waals surface area contributed by atoms with Crippen LogP contribution < -0.4 is 20.5 Å². The van der Waals surface area contributed by atoms with Gasteiger partial charge in [-0.05, 0) is 37.0 Å². The van der Waals surface area contributed by atoms with Crippen molar-refractivity contribution in [3.8, 4) is 22.6 Å². The van der Waals surface area contributed by atoms with Crippen molar-refractivity contribution in [3.63, 3.8) is 0 Å². The lowest BCUT2D eigenvalue weighted by Gasteiger charge is -2.43. The fourth-order valence-electron chi connectivity index (χ4n) is 6.34. The van der Waals surface area contributed by atoms with E-state index in [4.69, 9.17) is 41.0 Å². The molecule has 0 saturated carbocycles. The Hall–Kier alpha value is -3.93. The number of hydrogen-bond donors (Lipinski definition) is 2. The number of fused-ring (bicyclic) bond motifs is 1. The second kappa shape index (κ2) is 14.0. The summed E-state index contributed by atoms with van der Waals surface area (Å²) in [7, 11) is 1.40. The van der Waals surface area contributed by atoms with Crippen LogP contribution >= 0.6 is 11.6 Å². The van der Waals surface area contributed by atoms with Crippen LogP contribution in [0.4, 0.5) is 13.6 Å². The molecule has 2 aliphatic rings. The van der Waals surface area contributed by atoms with Crippen molar-refractivity contribution in [2.45, 2.75) is 64.4 Å². The van der Waals surface area contributed by atoms with Crippen molar-refractivity contribution in [2.75, 3.05) is 26.9 Å². The highest BCUT2D eigenvalue weighted by Gasteiger charge is 2.55. The molecule has 12 heteroatoms. The molecule has 0 aromatic heterocycles. The van der Waals surface area contributed by atoms with Gasteiger partial charge in [-0.1, -0.05) is 62.7 Å². The molecule has 3 aromatic carbocycles. The van der Waals surface area contributed by atoms with Gasteiger partial charge in [-0.2, -0.15) is 0 Å². The molecule has 3 aromatic rings. The summed E-state index contributed by atoms with van der Waals surface area (Å²) in [6.45, 7) is 6.28. The van der Waals surface area contributed by atoms with Gasteiger partial charge in [0.1, 0.15) is 18.2 Å². The lowest BCUT2D eigenvalue weighted by atomic mass is 9.72. The molecule has 2 aliphatic heterocycles. The molecule has 3 N–H and O–H groups in total. The smallest absolute Gasteiger partial charge is 0.404 e. The van der Waals surface area contributed by atoms with E-state index >= 15 is 8.78 Å². The van der Waals surface area contributed by atoms with E-state index in [1.807, 2.05) is 26.8 Å². The minimum Gasteiger partial charge on any atom is -0.488 e. The Balaban J connectivity index is 1.63. The highest BCUT2D eigenvalue weighted by atomic mass is 35.5. The van der Waals surface area contributed by atoms with Gasteiger partial charge in [-0.15, -0.1) is 0 Å². The lowest BCUT2D eigenvalue weighted by Crippen LogP contribution is -2.53. The molecule has 1 saturated heterocycles. The van der Waals surface area contributed by atoms with Crippen LogP contribution in [0.3, 0.4) is 0 Å². The van der Waals surface area contributed by atoms with E-state index in [2.05, 4.69) is 5.32 Å². The summed E-state index contributed by atoms with van der Waals surface area (Å²) in [5, 5.41) is 2.09. The van der Waals surface area contributed by atoms with Gasteiger partial charge in [0.2, 0.25) is 0 Å². The Morgan fingerprint density at radius 3 is 2.49 bits per heavy atom. The Bertz CT molecular complexity index is 1630. The Kier molecular flexibility index (Phi) is 10.3. The standard InChI is InChI=1S/C35H39ClF2N2O7/c1-34(2,3)32(46-33(39)42)35(20-10-6-5-7-11-20)19-22-25(47-35)18-23(37)29(36)27(22)28-21(31(41)40-4)13-14-24(30(28)38)43-16-17-45-26-12-8-9-15-44-26/h5-7,10-11,13-14,18,26,32H,8-9,12,15-17,19H2,1-4H3,(H2,39,42)(H,40,41). The third-order valence-corrected chi connectivity index (χ3v) is 8.70. The van der Waals surface area contributed by atoms with Gasteiger partial charge >= 0.3 is 6.09 Å². The average molecular weight is 673 g/mol. The largest absolute Gasteiger partial charge is 0.488 e. The Labute approximate surface area is 277 Å². The number of halogens is 3. The summed E-state index contributed by atoms with van der Waals surface area (Å²) in [6.07, 6.45) is 0.311. The Morgan fingerprint density at radius 2 is 1.85 bits per heavy atom. The molecule has 0 radical (unpaired) electrons.